The Labute approximate surface area is 127 Å². The van der Waals surface area contributed by atoms with Gasteiger partial charge in [0.1, 0.15) is 5.82 Å². The summed E-state index contributed by atoms with van der Waals surface area (Å²) >= 11 is 6.15. The van der Waals surface area contributed by atoms with Gasteiger partial charge in [0.15, 0.2) is 0 Å². The summed E-state index contributed by atoms with van der Waals surface area (Å²) in [5, 5.41) is 9.37. The summed E-state index contributed by atoms with van der Waals surface area (Å²) in [6.45, 7) is 1.13. The van der Waals surface area contributed by atoms with E-state index in [0.717, 1.165) is 22.2 Å². The van der Waals surface area contributed by atoms with Gasteiger partial charge in [-0.15, -0.1) is 0 Å². The van der Waals surface area contributed by atoms with E-state index >= 15 is 0 Å². The number of rotatable bonds is 4. The minimum Gasteiger partial charge on any atom is -0.314 e. The van der Waals surface area contributed by atoms with Crippen molar-refractivity contribution in [2.75, 3.05) is 7.05 Å². The third-order valence-electron chi connectivity index (χ3n) is 3.41. The summed E-state index contributed by atoms with van der Waals surface area (Å²) in [4.78, 5) is 0. The Balaban J connectivity index is 2.06. The number of hydrogen-bond acceptors (Lipinski definition) is 2. The highest BCUT2D eigenvalue weighted by Gasteiger charge is 2.11. The summed E-state index contributed by atoms with van der Waals surface area (Å²) in [7, 11) is 1.89. The van der Waals surface area contributed by atoms with Crippen molar-refractivity contribution in [3.63, 3.8) is 0 Å². The predicted molar refractivity (Wildman–Crippen MR) is 83.0 cm³/mol. The van der Waals surface area contributed by atoms with Crippen LogP contribution in [-0.2, 0) is 13.1 Å². The Hall–Kier alpha value is -1.91. The average Bonchev–Trinajstić information content (AvgIpc) is 2.82. The van der Waals surface area contributed by atoms with Crippen LogP contribution in [0.3, 0.4) is 0 Å². The second-order valence-corrected chi connectivity index (χ2v) is 5.29. The molecule has 0 bridgehead atoms. The molecule has 5 heteroatoms. The molecule has 0 fully saturated rings. The van der Waals surface area contributed by atoms with Gasteiger partial charge >= 0.3 is 0 Å². The zero-order valence-electron chi connectivity index (χ0n) is 11.6. The molecule has 0 atom stereocenters. The van der Waals surface area contributed by atoms with Gasteiger partial charge < -0.3 is 5.32 Å². The van der Waals surface area contributed by atoms with Crippen LogP contribution in [0.2, 0.25) is 5.02 Å². The number of hydrogen-bond donors (Lipinski definition) is 1. The van der Waals surface area contributed by atoms with E-state index in [-0.39, 0.29) is 5.82 Å². The molecular formula is C16H15ClFN3. The molecule has 0 unspecified atom stereocenters. The lowest BCUT2D eigenvalue weighted by molar-refractivity contribution is 0.619. The molecule has 1 aromatic heterocycles. The smallest absolute Gasteiger partial charge is 0.123 e. The average molecular weight is 304 g/mol. The highest BCUT2D eigenvalue weighted by Crippen LogP contribution is 2.22. The van der Waals surface area contributed by atoms with Crippen LogP contribution in [0.5, 0.6) is 0 Å². The second kappa shape index (κ2) is 5.84. The first-order valence-electron chi connectivity index (χ1n) is 6.72. The molecule has 0 aliphatic carbocycles. The molecule has 1 heterocycles. The fraction of sp³-hybridized carbons (Fsp3) is 0.188. The van der Waals surface area contributed by atoms with Gasteiger partial charge in [-0.3, -0.25) is 4.68 Å². The lowest BCUT2D eigenvalue weighted by Gasteiger charge is -2.06. The van der Waals surface area contributed by atoms with E-state index in [0.29, 0.717) is 18.1 Å². The van der Waals surface area contributed by atoms with Crippen LogP contribution in [-0.4, -0.2) is 16.8 Å². The van der Waals surface area contributed by atoms with Crippen LogP contribution in [0, 0.1) is 5.82 Å². The van der Waals surface area contributed by atoms with Gasteiger partial charge in [0.2, 0.25) is 0 Å². The van der Waals surface area contributed by atoms with Crippen LogP contribution >= 0.6 is 11.6 Å². The van der Waals surface area contributed by atoms with Gasteiger partial charge in [0.05, 0.1) is 17.8 Å². The molecule has 1 N–H and O–H groups in total. The van der Waals surface area contributed by atoms with Crippen molar-refractivity contribution < 1.29 is 4.39 Å². The first kappa shape index (κ1) is 14.0. The number of halogens is 2. The molecule has 2 aromatic carbocycles. The van der Waals surface area contributed by atoms with Crippen LogP contribution in [0.25, 0.3) is 10.9 Å². The van der Waals surface area contributed by atoms with Gasteiger partial charge in [-0.2, -0.15) is 5.10 Å². The van der Waals surface area contributed by atoms with Crippen molar-refractivity contribution in [3.05, 3.63) is 64.6 Å². The third-order valence-corrected chi connectivity index (χ3v) is 3.78. The molecule has 0 spiro atoms. The van der Waals surface area contributed by atoms with E-state index in [1.54, 1.807) is 6.07 Å². The lowest BCUT2D eigenvalue weighted by atomic mass is 10.2. The van der Waals surface area contributed by atoms with Gasteiger partial charge in [-0.25, -0.2) is 4.39 Å². The highest BCUT2D eigenvalue weighted by atomic mass is 35.5. The molecule has 0 amide bonds. The fourth-order valence-electron chi connectivity index (χ4n) is 2.44. The third kappa shape index (κ3) is 2.77. The van der Waals surface area contributed by atoms with Gasteiger partial charge in [-0.1, -0.05) is 29.8 Å². The minimum absolute atomic E-state index is 0.290. The van der Waals surface area contributed by atoms with Crippen molar-refractivity contribution in [1.82, 2.24) is 15.1 Å². The fourth-order valence-corrected chi connectivity index (χ4v) is 2.62. The summed E-state index contributed by atoms with van der Waals surface area (Å²) in [5.41, 5.74) is 2.71. The number of aromatic nitrogens is 2. The van der Waals surface area contributed by atoms with Gasteiger partial charge in [-0.05, 0) is 36.9 Å². The number of para-hydroxylation sites is 1. The first-order valence-corrected chi connectivity index (χ1v) is 7.10. The Bertz CT molecular complexity index is 782. The molecule has 108 valence electrons. The van der Waals surface area contributed by atoms with E-state index in [2.05, 4.69) is 10.4 Å². The number of nitrogens with zero attached hydrogens (tertiary/aromatic N) is 2. The van der Waals surface area contributed by atoms with Gasteiger partial charge in [0, 0.05) is 17.0 Å². The lowest BCUT2D eigenvalue weighted by Crippen LogP contribution is -2.08. The Kier molecular flexibility index (Phi) is 3.90. The molecule has 0 saturated heterocycles. The molecule has 0 aliphatic rings. The van der Waals surface area contributed by atoms with Crippen LogP contribution in [0.15, 0.2) is 42.5 Å². The van der Waals surface area contributed by atoms with E-state index in [1.165, 1.54) is 12.1 Å². The molecule has 0 saturated carbocycles. The first-order chi connectivity index (χ1) is 10.2. The maximum atomic E-state index is 13.4. The molecule has 3 rings (SSSR count). The van der Waals surface area contributed by atoms with Crippen molar-refractivity contribution in [2.45, 2.75) is 13.1 Å². The summed E-state index contributed by atoms with van der Waals surface area (Å²) in [6, 6.07) is 12.4. The Morgan fingerprint density at radius 2 is 2.05 bits per heavy atom. The summed E-state index contributed by atoms with van der Waals surface area (Å²) in [5.74, 6) is -0.290. The largest absolute Gasteiger partial charge is 0.314 e. The SMILES string of the molecule is CNCc1nn(Cc2cc(F)ccc2Cl)c2ccccc12. The Morgan fingerprint density at radius 3 is 2.86 bits per heavy atom. The standard InChI is InChI=1S/C16H15ClFN3/c1-19-9-15-13-4-2-3-5-16(13)21(20-15)10-11-8-12(18)6-7-14(11)17/h2-8,19H,9-10H2,1H3. The predicted octanol–water partition coefficient (Wildman–Crippen LogP) is 3.60. The van der Waals surface area contributed by atoms with Crippen molar-refractivity contribution in [2.24, 2.45) is 0 Å². The molecule has 0 aliphatic heterocycles. The monoisotopic (exact) mass is 303 g/mol. The number of fused-ring (bicyclic) bond motifs is 1. The van der Waals surface area contributed by atoms with Crippen LogP contribution in [0.4, 0.5) is 4.39 Å². The van der Waals surface area contributed by atoms with E-state index in [1.807, 2.05) is 36.0 Å². The second-order valence-electron chi connectivity index (χ2n) is 4.89. The quantitative estimate of drug-likeness (QED) is 0.798. The molecular weight excluding hydrogens is 289 g/mol. The molecule has 21 heavy (non-hydrogen) atoms. The maximum Gasteiger partial charge on any atom is 0.123 e. The van der Waals surface area contributed by atoms with Crippen LogP contribution < -0.4 is 5.32 Å². The zero-order valence-corrected chi connectivity index (χ0v) is 12.4. The topological polar surface area (TPSA) is 29.9 Å². The van der Waals surface area contributed by atoms with Gasteiger partial charge in [0.25, 0.3) is 0 Å². The van der Waals surface area contributed by atoms with E-state index < -0.39 is 0 Å². The molecule has 0 radical (unpaired) electrons. The van der Waals surface area contributed by atoms with Crippen molar-refractivity contribution in [3.8, 4) is 0 Å². The molecule has 3 nitrogen and oxygen atoms in total. The maximum absolute atomic E-state index is 13.4. The minimum atomic E-state index is -0.290. The van der Waals surface area contributed by atoms with E-state index in [4.69, 9.17) is 11.6 Å². The number of nitrogens with one attached hydrogen (secondary N) is 1. The van der Waals surface area contributed by atoms with Crippen LogP contribution in [0.1, 0.15) is 11.3 Å². The molecule has 3 aromatic rings. The van der Waals surface area contributed by atoms with Crippen molar-refractivity contribution in [1.29, 1.82) is 0 Å². The Morgan fingerprint density at radius 1 is 1.24 bits per heavy atom. The van der Waals surface area contributed by atoms with Crippen molar-refractivity contribution >= 4 is 22.5 Å². The highest BCUT2D eigenvalue weighted by molar-refractivity contribution is 6.31. The summed E-state index contributed by atoms with van der Waals surface area (Å²) in [6.07, 6.45) is 0. The summed E-state index contributed by atoms with van der Waals surface area (Å²) < 4.78 is 15.3. The van der Waals surface area contributed by atoms with E-state index in [9.17, 15) is 4.39 Å². The normalized spacial score (nSPS) is 11.2. The number of benzene rings is 2. The zero-order chi connectivity index (χ0) is 14.8.